The highest BCUT2D eigenvalue weighted by Gasteiger charge is 2.38. The van der Waals surface area contributed by atoms with Crippen molar-refractivity contribution >= 4 is 38.4 Å². The Morgan fingerprint density at radius 2 is 1.48 bits per heavy atom. The molecule has 210 valence electrons. The molecule has 2 aliphatic rings. The van der Waals surface area contributed by atoms with Gasteiger partial charge >= 0.3 is 5.69 Å². The minimum absolute atomic E-state index is 0.369. The molecule has 44 heavy (non-hydrogen) atoms. The van der Waals surface area contributed by atoms with Crippen molar-refractivity contribution in [2.45, 2.75) is 12.1 Å². The van der Waals surface area contributed by atoms with Gasteiger partial charge < -0.3 is 9.15 Å². The number of rotatable bonds is 3. The van der Waals surface area contributed by atoms with E-state index in [-0.39, 0.29) is 5.56 Å². The van der Waals surface area contributed by atoms with Crippen LogP contribution in [-0.2, 0) is 0 Å². The van der Waals surface area contributed by atoms with Gasteiger partial charge in [0.1, 0.15) is 23.5 Å². The highest BCUT2D eigenvalue weighted by Crippen LogP contribution is 2.43. The molecule has 0 bridgehead atoms. The van der Waals surface area contributed by atoms with Crippen LogP contribution >= 0.6 is 0 Å². The van der Waals surface area contributed by atoms with Crippen LogP contribution < -0.4 is 16.0 Å². The summed E-state index contributed by atoms with van der Waals surface area (Å²) in [6.07, 6.45) is 5.26. The summed E-state index contributed by atoms with van der Waals surface area (Å²) < 4.78 is 15.7. The van der Waals surface area contributed by atoms with Crippen molar-refractivity contribution in [1.82, 2.24) is 9.13 Å². The largest absolute Gasteiger partial charge is 0.483 e. The quantitative estimate of drug-likeness (QED) is 0.218. The molecule has 1 aliphatic heterocycles. The normalized spacial score (nSPS) is 17.0. The topological polar surface area (TPSA) is 66.4 Å². The van der Waals surface area contributed by atoms with E-state index in [9.17, 15) is 9.59 Å². The number of para-hydroxylation sites is 3. The molecule has 7 aromatic rings. The van der Waals surface area contributed by atoms with E-state index < -0.39 is 17.8 Å². The minimum atomic E-state index is -0.659. The first-order valence-corrected chi connectivity index (χ1v) is 14.6. The molecule has 1 aliphatic carbocycles. The van der Waals surface area contributed by atoms with Gasteiger partial charge in [0.25, 0.3) is 5.56 Å². The van der Waals surface area contributed by atoms with E-state index >= 15 is 0 Å². The number of hydrogen-bond donors (Lipinski definition) is 0. The maximum Gasteiger partial charge on any atom is 0.336 e. The predicted molar refractivity (Wildman–Crippen MR) is 174 cm³/mol. The van der Waals surface area contributed by atoms with Crippen molar-refractivity contribution in [2.75, 3.05) is 0 Å². The number of allylic oxidation sites excluding steroid dienone is 2. The van der Waals surface area contributed by atoms with E-state index in [0.29, 0.717) is 22.2 Å². The van der Waals surface area contributed by atoms with E-state index in [1.807, 2.05) is 133 Å². The highest BCUT2D eigenvalue weighted by molar-refractivity contribution is 6.07. The van der Waals surface area contributed by atoms with E-state index in [1.165, 1.54) is 4.57 Å². The Morgan fingerprint density at radius 1 is 0.682 bits per heavy atom. The molecule has 2 aromatic heterocycles. The van der Waals surface area contributed by atoms with Crippen LogP contribution in [0.5, 0.6) is 5.75 Å². The molecule has 0 amide bonds. The fourth-order valence-corrected chi connectivity index (χ4v) is 6.74. The van der Waals surface area contributed by atoms with Gasteiger partial charge in [-0.15, -0.1) is 0 Å². The zero-order chi connectivity index (χ0) is 29.4. The number of benzene rings is 5. The van der Waals surface area contributed by atoms with Gasteiger partial charge in [0.05, 0.1) is 16.6 Å². The van der Waals surface area contributed by atoms with E-state index in [2.05, 4.69) is 0 Å². The van der Waals surface area contributed by atoms with Crippen molar-refractivity contribution in [3.63, 3.8) is 0 Å². The first kappa shape index (κ1) is 24.7. The molecular weight excluding hydrogens is 548 g/mol. The van der Waals surface area contributed by atoms with Gasteiger partial charge in [-0.25, -0.2) is 9.36 Å². The second-order valence-electron chi connectivity index (χ2n) is 11.2. The summed E-state index contributed by atoms with van der Waals surface area (Å²) in [6.45, 7) is 0. The lowest BCUT2D eigenvalue weighted by Gasteiger charge is -2.26. The van der Waals surface area contributed by atoms with Crippen LogP contribution in [0, 0.1) is 0 Å². The molecule has 0 saturated heterocycles. The monoisotopic (exact) mass is 572 g/mol. The van der Waals surface area contributed by atoms with Crippen molar-refractivity contribution in [3.8, 4) is 22.6 Å². The number of fused-ring (bicyclic) bond motifs is 7. The molecule has 3 heterocycles. The van der Waals surface area contributed by atoms with Crippen molar-refractivity contribution < 1.29 is 9.15 Å². The fourth-order valence-electron chi connectivity index (χ4n) is 6.74. The van der Waals surface area contributed by atoms with E-state index in [4.69, 9.17) is 9.15 Å². The van der Waals surface area contributed by atoms with Crippen LogP contribution in [0.2, 0.25) is 0 Å². The molecule has 6 nitrogen and oxygen atoms in total. The molecule has 2 atom stereocenters. The molecule has 0 fully saturated rings. The van der Waals surface area contributed by atoms with Crippen molar-refractivity contribution in [3.05, 3.63) is 160 Å². The van der Waals surface area contributed by atoms with E-state index in [0.717, 1.165) is 44.4 Å². The molecule has 0 radical (unpaired) electrons. The Labute approximate surface area is 251 Å². The minimum Gasteiger partial charge on any atom is -0.483 e. The summed E-state index contributed by atoms with van der Waals surface area (Å²) >= 11 is 0. The zero-order valence-electron chi connectivity index (χ0n) is 23.4. The number of aromatic nitrogens is 2. The van der Waals surface area contributed by atoms with Gasteiger partial charge in [0.2, 0.25) is 0 Å². The number of hydrogen-bond acceptors (Lipinski definition) is 4. The molecular formula is C38H24N2O4. The first-order valence-electron chi connectivity index (χ1n) is 14.6. The average molecular weight is 573 g/mol. The Bertz CT molecular complexity index is 2480. The van der Waals surface area contributed by atoms with Crippen molar-refractivity contribution in [2.24, 2.45) is 0 Å². The SMILES string of the molecule is O=c1c2cc(-c3ccccc3)ccc2n(-c2cccc3c2oc2ccccc23)c(=O)n1C1C=CC=C2c3ccccc3OC21. The van der Waals surface area contributed by atoms with Gasteiger partial charge in [0, 0.05) is 21.9 Å². The third-order valence-electron chi connectivity index (χ3n) is 8.77. The molecule has 5 aromatic carbocycles. The molecule has 6 heteroatoms. The van der Waals surface area contributed by atoms with Gasteiger partial charge in [0.15, 0.2) is 5.58 Å². The lowest BCUT2D eigenvalue weighted by atomic mass is 9.93. The van der Waals surface area contributed by atoms with Gasteiger partial charge in [-0.05, 0) is 41.5 Å². The lowest BCUT2D eigenvalue weighted by molar-refractivity contribution is 0.222. The Hall–Kier alpha value is -5.88. The molecule has 9 rings (SSSR count). The summed E-state index contributed by atoms with van der Waals surface area (Å²) in [6, 6.07) is 36.4. The van der Waals surface area contributed by atoms with Crippen LogP contribution in [0.4, 0.5) is 0 Å². The third-order valence-corrected chi connectivity index (χ3v) is 8.77. The molecule has 0 saturated carbocycles. The Balaban J connectivity index is 1.35. The summed E-state index contributed by atoms with van der Waals surface area (Å²) in [7, 11) is 0. The van der Waals surface area contributed by atoms with Crippen LogP contribution in [-0.4, -0.2) is 15.2 Å². The lowest BCUT2D eigenvalue weighted by Crippen LogP contribution is -2.45. The number of nitrogens with zero attached hydrogens (tertiary/aromatic N) is 2. The number of furan rings is 1. The Kier molecular flexibility index (Phi) is 5.23. The third kappa shape index (κ3) is 3.48. The van der Waals surface area contributed by atoms with Crippen LogP contribution in [0.25, 0.3) is 55.2 Å². The highest BCUT2D eigenvalue weighted by atomic mass is 16.5. The molecule has 0 N–H and O–H groups in total. The first-order chi connectivity index (χ1) is 21.7. The Morgan fingerprint density at radius 3 is 2.39 bits per heavy atom. The van der Waals surface area contributed by atoms with Gasteiger partial charge in [-0.2, -0.15) is 0 Å². The van der Waals surface area contributed by atoms with Gasteiger partial charge in [-0.3, -0.25) is 9.36 Å². The van der Waals surface area contributed by atoms with Crippen LogP contribution in [0.15, 0.2) is 147 Å². The molecule has 0 spiro atoms. The second-order valence-corrected chi connectivity index (χ2v) is 11.2. The average Bonchev–Trinajstić information content (AvgIpc) is 3.65. The smallest absolute Gasteiger partial charge is 0.336 e. The maximum atomic E-state index is 14.8. The summed E-state index contributed by atoms with van der Waals surface area (Å²) in [5.41, 5.74) is 5.35. The fraction of sp³-hybridized carbons (Fsp3) is 0.0526. The summed E-state index contributed by atoms with van der Waals surface area (Å²) in [5, 5.41) is 2.29. The zero-order valence-corrected chi connectivity index (χ0v) is 23.4. The second kappa shape index (κ2) is 9.31. The van der Waals surface area contributed by atoms with Gasteiger partial charge in [-0.1, -0.05) is 103 Å². The standard InChI is InChI=1S/C38H24N2O4/c41-37-29-22-24(23-10-2-1-3-11-23)20-21-30(29)39(31-16-8-14-27-25-12-4-6-18-33(25)43-35(27)31)38(42)40(37)32-17-9-15-28-26-13-5-7-19-34(26)44-36(28)32/h1-22,32,36H. The number of ether oxygens (including phenoxy) is 1. The van der Waals surface area contributed by atoms with Crippen molar-refractivity contribution in [1.29, 1.82) is 0 Å². The molecule has 2 unspecified atom stereocenters. The van der Waals surface area contributed by atoms with Crippen LogP contribution in [0.3, 0.4) is 0 Å². The summed E-state index contributed by atoms with van der Waals surface area (Å²) in [4.78, 5) is 29.3. The summed E-state index contributed by atoms with van der Waals surface area (Å²) in [5.74, 6) is 0.741. The van der Waals surface area contributed by atoms with Crippen LogP contribution in [0.1, 0.15) is 11.6 Å². The predicted octanol–water partition coefficient (Wildman–Crippen LogP) is 7.67. The maximum absolute atomic E-state index is 14.8. The van der Waals surface area contributed by atoms with E-state index in [1.54, 1.807) is 4.57 Å².